The van der Waals surface area contributed by atoms with Crippen molar-refractivity contribution in [2.45, 2.75) is 63.4 Å². The molecule has 0 amide bonds. The number of aryl methyl sites for hydroxylation is 2. The van der Waals surface area contributed by atoms with Gasteiger partial charge in [-0.2, -0.15) is 0 Å². The number of rotatable bonds is 5. The molecule has 0 bridgehead atoms. The Bertz CT molecular complexity index is 506. The molecule has 0 saturated carbocycles. The van der Waals surface area contributed by atoms with Gasteiger partial charge < -0.3 is 24.8 Å². The summed E-state index contributed by atoms with van der Waals surface area (Å²) >= 11 is 1.64. The summed E-state index contributed by atoms with van der Waals surface area (Å²) in [6.45, 7) is 9.22. The molecule has 0 saturated heterocycles. The number of fused-ring (bicyclic) bond motifs is 1. The van der Waals surface area contributed by atoms with Crippen LogP contribution in [-0.2, 0) is 31.1 Å². The molecule has 0 radical (unpaired) electrons. The first-order valence-electron chi connectivity index (χ1n) is 7.59. The van der Waals surface area contributed by atoms with Gasteiger partial charge in [-0.25, -0.2) is 0 Å². The van der Waals surface area contributed by atoms with Crippen molar-refractivity contribution < 1.29 is 49.5 Å². The Balaban J connectivity index is 0.00000200. The van der Waals surface area contributed by atoms with Crippen LogP contribution in [-0.4, -0.2) is 0 Å². The van der Waals surface area contributed by atoms with E-state index in [1.807, 2.05) is 0 Å². The Morgan fingerprint density at radius 3 is 2.29 bits per heavy atom. The van der Waals surface area contributed by atoms with E-state index >= 15 is 0 Å². The molecule has 1 atom stereocenters. The van der Waals surface area contributed by atoms with Gasteiger partial charge in [0, 0.05) is 0 Å². The van der Waals surface area contributed by atoms with Crippen LogP contribution in [0.25, 0.3) is 5.57 Å². The van der Waals surface area contributed by atoms with Crippen molar-refractivity contribution in [2.75, 3.05) is 0 Å². The van der Waals surface area contributed by atoms with Crippen LogP contribution >= 0.6 is 0 Å². The molecule has 1 aromatic rings. The van der Waals surface area contributed by atoms with Crippen molar-refractivity contribution in [1.29, 1.82) is 0 Å². The average Bonchev–Trinajstić information content (AvgIpc) is 2.63. The van der Waals surface area contributed by atoms with Crippen LogP contribution in [0.1, 0.15) is 72.3 Å². The Morgan fingerprint density at radius 2 is 1.67 bits per heavy atom. The molecule has 1 aliphatic carbocycles. The second-order valence-corrected chi connectivity index (χ2v) is 7.30. The van der Waals surface area contributed by atoms with Crippen molar-refractivity contribution in [3.8, 4) is 0 Å². The van der Waals surface area contributed by atoms with Crippen molar-refractivity contribution in [3.05, 3.63) is 40.0 Å². The van der Waals surface area contributed by atoms with E-state index in [4.69, 9.17) is 0 Å². The second-order valence-electron chi connectivity index (χ2n) is 5.88. The van der Waals surface area contributed by atoms with E-state index in [0.717, 1.165) is 0 Å². The van der Waals surface area contributed by atoms with Crippen molar-refractivity contribution in [1.82, 2.24) is 0 Å². The number of halogens is 2. The van der Waals surface area contributed by atoms with E-state index < -0.39 is 0 Å². The largest absolute Gasteiger partial charge is 1.00 e. The smallest absolute Gasteiger partial charge is 1.00 e. The zero-order chi connectivity index (χ0) is 14.0. The summed E-state index contributed by atoms with van der Waals surface area (Å²) in [5.74, 6) is 0. The van der Waals surface area contributed by atoms with Gasteiger partial charge in [-0.15, -0.1) is 0 Å². The number of unbranched alkanes of at least 4 members (excludes halogenated alkanes) is 3. The fourth-order valence-electron chi connectivity index (χ4n) is 3.16. The third-order valence-corrected chi connectivity index (χ3v) is 6.31. The van der Waals surface area contributed by atoms with Crippen molar-refractivity contribution in [3.63, 3.8) is 0 Å². The molecule has 1 unspecified atom stereocenters. The first-order valence-corrected chi connectivity index (χ1v) is 9.01. The van der Waals surface area contributed by atoms with Gasteiger partial charge >= 0.3 is 134 Å². The predicted molar refractivity (Wildman–Crippen MR) is 80.0 cm³/mol. The Hall–Kier alpha value is 0.423. The van der Waals surface area contributed by atoms with Gasteiger partial charge in [-0.3, -0.25) is 0 Å². The van der Waals surface area contributed by atoms with E-state index in [1.165, 1.54) is 37.7 Å². The molecule has 21 heavy (non-hydrogen) atoms. The zero-order valence-electron chi connectivity index (χ0n) is 13.5. The molecule has 115 valence electrons. The van der Waals surface area contributed by atoms with Crippen LogP contribution in [0.2, 0.25) is 0 Å². The third-order valence-electron chi connectivity index (χ3n) is 4.54. The molecule has 0 fully saturated rings. The SMILES string of the molecule is CCCCCCc1ccc(C)c2c1C(C)=C(C)[CH]2[Zr+2].[Cl-].[Cl-]. The number of hydrogen-bond donors (Lipinski definition) is 0. The number of hydrogen-bond acceptors (Lipinski definition) is 0. The minimum absolute atomic E-state index is 0. The molecule has 0 aromatic heterocycles. The molecule has 0 aliphatic heterocycles. The maximum Gasteiger partial charge on any atom is -1.00 e. The molecule has 0 nitrogen and oxygen atoms in total. The second kappa shape index (κ2) is 9.54. The monoisotopic (exact) mass is 401 g/mol. The van der Waals surface area contributed by atoms with Gasteiger partial charge in [0.15, 0.2) is 0 Å². The molecule has 0 spiro atoms. The number of allylic oxidation sites excluding steroid dienone is 2. The Morgan fingerprint density at radius 1 is 1.00 bits per heavy atom. The zero-order valence-corrected chi connectivity index (χ0v) is 17.5. The Kier molecular flexibility index (Phi) is 9.73. The topological polar surface area (TPSA) is 0 Å². The maximum atomic E-state index is 2.38. The van der Waals surface area contributed by atoms with Gasteiger partial charge in [-0.05, 0) is 0 Å². The fraction of sp³-hybridized carbons (Fsp3) is 0.556. The van der Waals surface area contributed by atoms with E-state index in [-0.39, 0.29) is 24.8 Å². The Labute approximate surface area is 157 Å². The van der Waals surface area contributed by atoms with Gasteiger partial charge in [0.05, 0.1) is 0 Å². The minimum Gasteiger partial charge on any atom is -1.00 e. The van der Waals surface area contributed by atoms with Gasteiger partial charge in [0.2, 0.25) is 0 Å². The molecule has 1 aromatic carbocycles. The van der Waals surface area contributed by atoms with Gasteiger partial charge in [0.25, 0.3) is 0 Å². The molecule has 0 N–H and O–H groups in total. The molecule has 3 heteroatoms. The van der Waals surface area contributed by atoms with Gasteiger partial charge in [0.1, 0.15) is 0 Å². The summed E-state index contributed by atoms with van der Waals surface area (Å²) in [5.41, 5.74) is 9.50. The van der Waals surface area contributed by atoms with E-state index in [1.54, 1.807) is 52.6 Å². The summed E-state index contributed by atoms with van der Waals surface area (Å²) in [6.07, 6.45) is 6.68. The minimum atomic E-state index is 0. The van der Waals surface area contributed by atoms with Crippen LogP contribution in [0.5, 0.6) is 0 Å². The predicted octanol–water partition coefficient (Wildman–Crippen LogP) is -0.479. The van der Waals surface area contributed by atoms with Crippen molar-refractivity contribution in [2.24, 2.45) is 0 Å². The van der Waals surface area contributed by atoms with E-state index in [2.05, 4.69) is 39.8 Å². The summed E-state index contributed by atoms with van der Waals surface area (Å²) in [5, 5.41) is 0. The molecular weight excluding hydrogens is 378 g/mol. The van der Waals surface area contributed by atoms with Crippen LogP contribution in [0.4, 0.5) is 0 Å². The quantitative estimate of drug-likeness (QED) is 0.583. The maximum absolute atomic E-state index is 2.38. The molecule has 0 heterocycles. The van der Waals surface area contributed by atoms with Gasteiger partial charge in [-0.1, -0.05) is 0 Å². The molecular formula is C18H25Cl2Zr. The van der Waals surface area contributed by atoms with Crippen LogP contribution in [0, 0.1) is 6.92 Å². The summed E-state index contributed by atoms with van der Waals surface area (Å²) in [6, 6.07) is 4.72. The number of benzene rings is 1. The standard InChI is InChI=1S/C18H25.2ClH.Zr/c1-5-6-7-8-9-16-11-10-13(2)17-12-14(3)15(4)18(16)17;;;/h10-12H,5-9H2,1-4H3;2*1H;/q;;;+2/p-2. The van der Waals surface area contributed by atoms with Crippen LogP contribution in [0.15, 0.2) is 17.7 Å². The fourth-order valence-corrected chi connectivity index (χ4v) is 4.61. The first kappa shape index (κ1) is 21.4. The summed E-state index contributed by atoms with van der Waals surface area (Å²) < 4.78 is 0.706. The summed E-state index contributed by atoms with van der Waals surface area (Å²) in [4.78, 5) is 0. The van der Waals surface area contributed by atoms with Crippen LogP contribution in [0.3, 0.4) is 0 Å². The van der Waals surface area contributed by atoms with E-state index in [9.17, 15) is 0 Å². The van der Waals surface area contributed by atoms with E-state index in [0.29, 0.717) is 3.63 Å². The third kappa shape index (κ3) is 4.46. The van der Waals surface area contributed by atoms with Crippen LogP contribution < -0.4 is 24.8 Å². The summed E-state index contributed by atoms with van der Waals surface area (Å²) in [7, 11) is 0. The molecule has 1 aliphatic rings. The average molecular weight is 404 g/mol. The molecule has 2 rings (SSSR count). The first-order chi connectivity index (χ1) is 9.07. The normalized spacial score (nSPS) is 16.4. The van der Waals surface area contributed by atoms with Crippen molar-refractivity contribution >= 4 is 5.57 Å².